The minimum absolute atomic E-state index is 0.538. The number of nitrogens with zero attached hydrogens (tertiary/aromatic N) is 1. The third kappa shape index (κ3) is 4.06. The van der Waals surface area contributed by atoms with Gasteiger partial charge in [0.05, 0.1) is 5.69 Å². The molecule has 0 amide bonds. The zero-order valence-corrected chi connectivity index (χ0v) is 8.38. The van der Waals surface area contributed by atoms with Gasteiger partial charge in [0, 0.05) is 0 Å². The summed E-state index contributed by atoms with van der Waals surface area (Å²) in [5.41, 5.74) is 0.906. The quantitative estimate of drug-likeness (QED) is 0.591. The van der Waals surface area contributed by atoms with Gasteiger partial charge in [-0.15, -0.1) is 0 Å². The highest BCUT2D eigenvalue weighted by molar-refractivity contribution is 6.29. The largest absolute Gasteiger partial charge is 0.319 e. The van der Waals surface area contributed by atoms with Gasteiger partial charge in [-0.1, -0.05) is 23.7 Å². The first kappa shape index (κ1) is 10.2. The van der Waals surface area contributed by atoms with Crippen molar-refractivity contribution in [2.75, 3.05) is 13.6 Å². The Morgan fingerprint density at radius 1 is 1.54 bits per heavy atom. The highest BCUT2D eigenvalue weighted by Crippen LogP contribution is 2.06. The van der Waals surface area contributed by atoms with Crippen molar-refractivity contribution in [3.8, 4) is 0 Å². The zero-order valence-electron chi connectivity index (χ0n) is 7.63. The van der Waals surface area contributed by atoms with Crippen LogP contribution in [-0.2, 0) is 0 Å². The van der Waals surface area contributed by atoms with Crippen molar-refractivity contribution in [2.45, 2.75) is 6.42 Å². The molecule has 1 aromatic heterocycles. The Labute approximate surface area is 83.6 Å². The van der Waals surface area contributed by atoms with E-state index in [1.54, 1.807) is 6.07 Å². The molecule has 0 spiro atoms. The van der Waals surface area contributed by atoms with Gasteiger partial charge in [-0.25, -0.2) is 4.98 Å². The molecule has 0 bridgehead atoms. The predicted molar refractivity (Wildman–Crippen MR) is 56.8 cm³/mol. The molecule has 0 unspecified atom stereocenters. The van der Waals surface area contributed by atoms with Crippen LogP contribution in [0.25, 0.3) is 6.08 Å². The van der Waals surface area contributed by atoms with Gasteiger partial charge in [0.1, 0.15) is 5.15 Å². The molecule has 0 aliphatic heterocycles. The van der Waals surface area contributed by atoms with Crippen molar-refractivity contribution in [3.63, 3.8) is 0 Å². The van der Waals surface area contributed by atoms with E-state index in [0.717, 1.165) is 18.7 Å². The van der Waals surface area contributed by atoms with Crippen molar-refractivity contribution in [1.29, 1.82) is 0 Å². The SMILES string of the molecule is CNCCC=Cc1cccc(Cl)n1. The normalized spacial score (nSPS) is 10.9. The summed E-state index contributed by atoms with van der Waals surface area (Å²) in [6.45, 7) is 0.983. The minimum atomic E-state index is 0.538. The van der Waals surface area contributed by atoms with E-state index in [2.05, 4.69) is 16.4 Å². The van der Waals surface area contributed by atoms with Crippen LogP contribution in [0.3, 0.4) is 0 Å². The van der Waals surface area contributed by atoms with Crippen LogP contribution in [0, 0.1) is 0 Å². The van der Waals surface area contributed by atoms with Gasteiger partial charge >= 0.3 is 0 Å². The number of rotatable bonds is 4. The number of hydrogen-bond donors (Lipinski definition) is 1. The fourth-order valence-electron chi connectivity index (χ4n) is 0.949. The van der Waals surface area contributed by atoms with E-state index in [1.807, 2.05) is 25.3 Å². The summed E-state index contributed by atoms with van der Waals surface area (Å²) < 4.78 is 0. The fourth-order valence-corrected chi connectivity index (χ4v) is 1.12. The maximum absolute atomic E-state index is 5.73. The zero-order chi connectivity index (χ0) is 9.52. The third-order valence-corrected chi connectivity index (χ3v) is 1.80. The van der Waals surface area contributed by atoms with Gasteiger partial charge in [-0.05, 0) is 38.2 Å². The second-order valence-electron chi connectivity index (χ2n) is 2.68. The highest BCUT2D eigenvalue weighted by Gasteiger charge is 1.89. The Morgan fingerprint density at radius 2 is 2.38 bits per heavy atom. The van der Waals surface area contributed by atoms with E-state index in [1.165, 1.54) is 0 Å². The molecule has 2 nitrogen and oxygen atoms in total. The standard InChI is InChI=1S/C10H13ClN2/c1-12-8-3-2-5-9-6-4-7-10(11)13-9/h2,4-7,12H,3,8H2,1H3. The van der Waals surface area contributed by atoms with Crippen LogP contribution in [0.1, 0.15) is 12.1 Å². The monoisotopic (exact) mass is 196 g/mol. The molecule has 0 aliphatic rings. The van der Waals surface area contributed by atoms with Gasteiger partial charge in [-0.2, -0.15) is 0 Å². The lowest BCUT2D eigenvalue weighted by atomic mass is 10.3. The van der Waals surface area contributed by atoms with Crippen molar-refractivity contribution >= 4 is 17.7 Å². The maximum Gasteiger partial charge on any atom is 0.129 e. The summed E-state index contributed by atoms with van der Waals surface area (Å²) in [5.74, 6) is 0. The Bertz CT molecular complexity index is 284. The van der Waals surface area contributed by atoms with Crippen molar-refractivity contribution in [2.24, 2.45) is 0 Å². The van der Waals surface area contributed by atoms with Gasteiger partial charge in [0.15, 0.2) is 0 Å². The van der Waals surface area contributed by atoms with E-state index in [-0.39, 0.29) is 0 Å². The lowest BCUT2D eigenvalue weighted by molar-refractivity contribution is 0.809. The Hall–Kier alpha value is -0.860. The number of hydrogen-bond acceptors (Lipinski definition) is 2. The van der Waals surface area contributed by atoms with Crippen LogP contribution >= 0.6 is 11.6 Å². The van der Waals surface area contributed by atoms with Crippen LogP contribution in [-0.4, -0.2) is 18.6 Å². The van der Waals surface area contributed by atoms with Crippen LogP contribution in [0.5, 0.6) is 0 Å². The summed E-state index contributed by atoms with van der Waals surface area (Å²) in [6, 6.07) is 5.60. The average molecular weight is 197 g/mol. The second-order valence-corrected chi connectivity index (χ2v) is 3.07. The fraction of sp³-hybridized carbons (Fsp3) is 0.300. The van der Waals surface area contributed by atoms with Gasteiger partial charge in [0.2, 0.25) is 0 Å². The van der Waals surface area contributed by atoms with Crippen LogP contribution in [0.4, 0.5) is 0 Å². The van der Waals surface area contributed by atoms with E-state index in [9.17, 15) is 0 Å². The van der Waals surface area contributed by atoms with Gasteiger partial charge in [-0.3, -0.25) is 0 Å². The molecule has 0 aliphatic carbocycles. The number of aromatic nitrogens is 1. The summed E-state index contributed by atoms with van der Waals surface area (Å²) in [7, 11) is 1.94. The summed E-state index contributed by atoms with van der Waals surface area (Å²) in [6.07, 6.45) is 5.06. The minimum Gasteiger partial charge on any atom is -0.319 e. The number of halogens is 1. The Kier molecular flexibility index (Phi) is 4.50. The first-order valence-electron chi connectivity index (χ1n) is 4.26. The molecule has 3 heteroatoms. The highest BCUT2D eigenvalue weighted by atomic mass is 35.5. The molecule has 0 aromatic carbocycles. The lowest BCUT2D eigenvalue weighted by Gasteiger charge is -1.93. The smallest absolute Gasteiger partial charge is 0.129 e. The molecule has 0 radical (unpaired) electrons. The molecule has 0 fully saturated rings. The molecule has 70 valence electrons. The Morgan fingerprint density at radius 3 is 3.08 bits per heavy atom. The molecule has 1 heterocycles. The number of pyridine rings is 1. The van der Waals surface area contributed by atoms with Gasteiger partial charge in [0.25, 0.3) is 0 Å². The molecule has 0 atom stereocenters. The van der Waals surface area contributed by atoms with Crippen LogP contribution in [0.15, 0.2) is 24.3 Å². The van der Waals surface area contributed by atoms with Crippen molar-refractivity contribution in [1.82, 2.24) is 10.3 Å². The maximum atomic E-state index is 5.73. The summed E-state index contributed by atoms with van der Waals surface area (Å²) in [5, 5.41) is 3.61. The molecule has 1 rings (SSSR count). The molecule has 1 aromatic rings. The van der Waals surface area contributed by atoms with Crippen molar-refractivity contribution in [3.05, 3.63) is 35.1 Å². The van der Waals surface area contributed by atoms with Crippen LogP contribution in [0.2, 0.25) is 5.15 Å². The van der Waals surface area contributed by atoms with E-state index >= 15 is 0 Å². The van der Waals surface area contributed by atoms with E-state index < -0.39 is 0 Å². The molecule has 0 saturated heterocycles. The topological polar surface area (TPSA) is 24.9 Å². The van der Waals surface area contributed by atoms with E-state index in [4.69, 9.17) is 11.6 Å². The first-order valence-corrected chi connectivity index (χ1v) is 4.64. The van der Waals surface area contributed by atoms with Crippen molar-refractivity contribution < 1.29 is 0 Å². The molecular weight excluding hydrogens is 184 g/mol. The lowest BCUT2D eigenvalue weighted by Crippen LogP contribution is -2.05. The average Bonchev–Trinajstić information content (AvgIpc) is 2.13. The Balaban J connectivity index is 2.48. The van der Waals surface area contributed by atoms with Crippen LogP contribution < -0.4 is 5.32 Å². The molecule has 13 heavy (non-hydrogen) atoms. The van der Waals surface area contributed by atoms with Gasteiger partial charge < -0.3 is 5.32 Å². The first-order chi connectivity index (χ1) is 6.33. The molecule has 1 N–H and O–H groups in total. The number of nitrogens with one attached hydrogen (secondary N) is 1. The van der Waals surface area contributed by atoms with E-state index in [0.29, 0.717) is 5.15 Å². The summed E-state index contributed by atoms with van der Waals surface area (Å²) >= 11 is 5.73. The summed E-state index contributed by atoms with van der Waals surface area (Å²) in [4.78, 5) is 4.13. The second kappa shape index (κ2) is 5.73. The molecule has 0 saturated carbocycles. The molecular formula is C10H13ClN2. The third-order valence-electron chi connectivity index (χ3n) is 1.59. The predicted octanol–water partition coefficient (Wildman–Crippen LogP) is 2.36.